The molecule has 0 N–H and O–H groups in total. The zero-order chi connectivity index (χ0) is 33.7. The summed E-state index contributed by atoms with van der Waals surface area (Å²) in [5, 5.41) is 7.22. The lowest BCUT2D eigenvalue weighted by Crippen LogP contribution is -2.01. The molecule has 0 amide bonds. The van der Waals surface area contributed by atoms with Crippen molar-refractivity contribution in [3.05, 3.63) is 131 Å². The van der Waals surface area contributed by atoms with E-state index in [1.807, 2.05) is 17.1 Å². The summed E-state index contributed by atoms with van der Waals surface area (Å²) in [5.41, 5.74) is 12.0. The lowest BCUT2D eigenvalue weighted by molar-refractivity contribution is 0.482. The maximum atomic E-state index is 6.61. The minimum absolute atomic E-state index is 0.408. The summed E-state index contributed by atoms with van der Waals surface area (Å²) in [5.74, 6) is 3.67. The Labute approximate surface area is 283 Å². The highest BCUT2D eigenvalue weighted by Crippen LogP contribution is 2.39. The summed E-state index contributed by atoms with van der Waals surface area (Å²) in [6, 6.07) is 30.1. The number of benzene rings is 4. The second-order valence-corrected chi connectivity index (χ2v) is 14.0. The smallest absolute Gasteiger partial charge is 0.137 e. The Morgan fingerprint density at radius 1 is 0.646 bits per heavy atom. The summed E-state index contributed by atoms with van der Waals surface area (Å²) >= 11 is 0. The van der Waals surface area contributed by atoms with Crippen LogP contribution in [0.2, 0.25) is 0 Å². The first-order chi connectivity index (χ1) is 23.1. The van der Waals surface area contributed by atoms with Crippen molar-refractivity contribution in [3.63, 3.8) is 0 Å². The van der Waals surface area contributed by atoms with Crippen molar-refractivity contribution in [2.75, 3.05) is 0 Å². The van der Waals surface area contributed by atoms with E-state index in [1.165, 1.54) is 38.6 Å². The minimum atomic E-state index is 0.408. The van der Waals surface area contributed by atoms with Gasteiger partial charge in [0.15, 0.2) is 0 Å². The number of fused-ring (bicyclic) bond motifs is 3. The zero-order valence-electron chi connectivity index (χ0n) is 29.2. The van der Waals surface area contributed by atoms with Crippen molar-refractivity contribution in [3.8, 4) is 34.1 Å². The lowest BCUT2D eigenvalue weighted by atomic mass is 9.84. The summed E-state index contributed by atoms with van der Waals surface area (Å²) in [6.07, 6.45) is 6.07. The van der Waals surface area contributed by atoms with Crippen LogP contribution in [0.15, 0.2) is 104 Å². The Bertz CT molecular complexity index is 2260. The maximum absolute atomic E-state index is 6.61. The molecule has 0 radical (unpaired) electrons. The molecule has 242 valence electrons. The summed E-state index contributed by atoms with van der Waals surface area (Å²) in [7, 11) is 0. The molecule has 4 aromatic carbocycles. The van der Waals surface area contributed by atoms with E-state index in [0.29, 0.717) is 17.8 Å². The average molecular weight is 633 g/mol. The molecular weight excluding hydrogens is 589 g/mol. The molecule has 7 aromatic rings. The van der Waals surface area contributed by atoms with E-state index in [4.69, 9.17) is 14.8 Å². The summed E-state index contributed by atoms with van der Waals surface area (Å²) in [6.45, 7) is 17.8. The van der Waals surface area contributed by atoms with Gasteiger partial charge in [-0.15, -0.1) is 0 Å². The van der Waals surface area contributed by atoms with Gasteiger partial charge in [0.2, 0.25) is 0 Å². The van der Waals surface area contributed by atoms with E-state index in [9.17, 15) is 0 Å². The Balaban J connectivity index is 1.27. The van der Waals surface area contributed by atoms with Crippen LogP contribution in [-0.2, 0) is 0 Å². The van der Waals surface area contributed by atoms with E-state index in [-0.39, 0.29) is 0 Å². The Kier molecular flexibility index (Phi) is 8.16. The molecule has 0 spiro atoms. The van der Waals surface area contributed by atoms with Crippen molar-refractivity contribution in [2.45, 2.75) is 73.1 Å². The van der Waals surface area contributed by atoms with E-state index >= 15 is 0 Å². The van der Waals surface area contributed by atoms with Crippen LogP contribution >= 0.6 is 0 Å². The number of hydrogen-bond donors (Lipinski definition) is 0. The zero-order valence-corrected chi connectivity index (χ0v) is 29.2. The van der Waals surface area contributed by atoms with E-state index in [0.717, 1.165) is 45.2 Å². The van der Waals surface area contributed by atoms with Gasteiger partial charge in [0, 0.05) is 40.9 Å². The Morgan fingerprint density at radius 2 is 1.35 bits per heavy atom. The SMILES string of the molecule is Cc1cc(Oc2ccc3c4ccccc4n(-c4cc(C(C)C)ccn4)c3c2)cc(-n2cc(-c3c(C(C)C)cc(C)cc3C(C)C)cn2)c1. The standard InChI is InChI=1S/C43H44N4O/c1-26(2)31-15-16-44-42(21-31)47-40-12-10-9-11-36(40)37-14-13-34(23-41(37)47)48-35-18-29(7)17-33(22-35)46-25-32(24-45-46)43-38(27(3)4)19-30(8)20-39(43)28(5)6/h9-28H,1-8H3. The summed E-state index contributed by atoms with van der Waals surface area (Å²) in [4.78, 5) is 4.81. The highest BCUT2D eigenvalue weighted by molar-refractivity contribution is 6.09. The lowest BCUT2D eigenvalue weighted by Gasteiger charge is -2.20. The highest BCUT2D eigenvalue weighted by Gasteiger charge is 2.19. The van der Waals surface area contributed by atoms with Crippen LogP contribution in [0.4, 0.5) is 0 Å². The number of aromatic nitrogens is 4. The van der Waals surface area contributed by atoms with E-state index in [2.05, 4.69) is 151 Å². The van der Waals surface area contributed by atoms with Crippen LogP contribution in [0.1, 0.15) is 87.1 Å². The highest BCUT2D eigenvalue weighted by atomic mass is 16.5. The molecule has 0 unspecified atom stereocenters. The van der Waals surface area contributed by atoms with Crippen molar-refractivity contribution in [1.29, 1.82) is 0 Å². The van der Waals surface area contributed by atoms with Crippen molar-refractivity contribution in [1.82, 2.24) is 19.3 Å². The normalized spacial score (nSPS) is 11.9. The van der Waals surface area contributed by atoms with Gasteiger partial charge in [-0.1, -0.05) is 77.4 Å². The Hall–Kier alpha value is -5.16. The molecule has 0 aliphatic heterocycles. The van der Waals surface area contributed by atoms with Crippen molar-refractivity contribution in [2.24, 2.45) is 0 Å². The second kappa shape index (κ2) is 12.5. The van der Waals surface area contributed by atoms with Crippen molar-refractivity contribution >= 4 is 21.8 Å². The largest absolute Gasteiger partial charge is 0.457 e. The molecule has 5 heteroatoms. The van der Waals surface area contributed by atoms with Crippen LogP contribution in [0, 0.1) is 13.8 Å². The third-order valence-electron chi connectivity index (χ3n) is 9.31. The van der Waals surface area contributed by atoms with E-state index < -0.39 is 0 Å². The molecule has 3 heterocycles. The fraction of sp³-hybridized carbons (Fsp3) is 0.256. The van der Waals surface area contributed by atoms with Gasteiger partial charge in [-0.3, -0.25) is 4.57 Å². The molecule has 48 heavy (non-hydrogen) atoms. The van der Waals surface area contributed by atoms with Crippen molar-refractivity contribution < 1.29 is 4.74 Å². The maximum Gasteiger partial charge on any atom is 0.137 e. The monoisotopic (exact) mass is 632 g/mol. The molecule has 0 saturated heterocycles. The number of rotatable bonds is 8. The molecule has 3 aromatic heterocycles. The first-order valence-corrected chi connectivity index (χ1v) is 17.1. The summed E-state index contributed by atoms with van der Waals surface area (Å²) < 4.78 is 10.8. The van der Waals surface area contributed by atoms with Gasteiger partial charge in [0.25, 0.3) is 0 Å². The molecule has 0 saturated carbocycles. The fourth-order valence-corrected chi connectivity index (χ4v) is 6.91. The first-order valence-electron chi connectivity index (χ1n) is 17.1. The minimum Gasteiger partial charge on any atom is -0.457 e. The molecule has 0 bridgehead atoms. The van der Waals surface area contributed by atoms with Gasteiger partial charge >= 0.3 is 0 Å². The molecule has 0 fully saturated rings. The molecule has 7 rings (SSSR count). The van der Waals surface area contributed by atoms with Gasteiger partial charge in [0.05, 0.1) is 22.9 Å². The third kappa shape index (κ3) is 5.79. The van der Waals surface area contributed by atoms with Gasteiger partial charge in [-0.05, 0) is 102 Å². The quantitative estimate of drug-likeness (QED) is 0.167. The van der Waals surface area contributed by atoms with Crippen LogP contribution in [0.3, 0.4) is 0 Å². The molecule has 0 atom stereocenters. The number of ether oxygens (including phenoxy) is 1. The molecule has 0 aliphatic rings. The van der Waals surface area contributed by atoms with Gasteiger partial charge in [-0.2, -0.15) is 5.10 Å². The number of hydrogen-bond acceptors (Lipinski definition) is 3. The molecule has 5 nitrogen and oxygen atoms in total. The molecule has 0 aliphatic carbocycles. The predicted molar refractivity (Wildman–Crippen MR) is 199 cm³/mol. The van der Waals surface area contributed by atoms with Gasteiger partial charge in [-0.25, -0.2) is 9.67 Å². The number of pyridine rings is 1. The second-order valence-electron chi connectivity index (χ2n) is 14.0. The van der Waals surface area contributed by atoms with Crippen LogP contribution in [0.25, 0.3) is 44.4 Å². The van der Waals surface area contributed by atoms with Crippen LogP contribution in [-0.4, -0.2) is 19.3 Å². The number of nitrogens with zero attached hydrogens (tertiary/aromatic N) is 4. The van der Waals surface area contributed by atoms with Crippen LogP contribution < -0.4 is 4.74 Å². The van der Waals surface area contributed by atoms with Gasteiger partial charge in [0.1, 0.15) is 17.3 Å². The number of para-hydroxylation sites is 1. The topological polar surface area (TPSA) is 44.9 Å². The van der Waals surface area contributed by atoms with E-state index in [1.54, 1.807) is 0 Å². The number of aryl methyl sites for hydroxylation is 2. The fourth-order valence-electron chi connectivity index (χ4n) is 6.91. The third-order valence-corrected chi connectivity index (χ3v) is 9.31. The van der Waals surface area contributed by atoms with Crippen LogP contribution in [0.5, 0.6) is 11.5 Å². The van der Waals surface area contributed by atoms with Gasteiger partial charge < -0.3 is 4.74 Å². The molecular formula is C43H44N4O. The predicted octanol–water partition coefficient (Wildman–Crippen LogP) is 11.8. The average Bonchev–Trinajstić information content (AvgIpc) is 3.67. The first kappa shape index (κ1) is 31.4. The Morgan fingerprint density at radius 3 is 2.08 bits per heavy atom.